The maximum Gasteiger partial charge on any atom is 0.410 e. The Balaban J connectivity index is 2.53. The first-order valence-electron chi connectivity index (χ1n) is 7.03. The number of carbonyl (C=O) groups is 2. The van der Waals surface area contributed by atoms with E-state index in [1.54, 1.807) is 4.90 Å². The van der Waals surface area contributed by atoms with Crippen molar-refractivity contribution in [2.75, 3.05) is 20.2 Å². The van der Waals surface area contributed by atoms with E-state index in [0.717, 1.165) is 12.8 Å². The van der Waals surface area contributed by atoms with Gasteiger partial charge in [0.05, 0.1) is 13.5 Å². The highest BCUT2D eigenvalue weighted by atomic mass is 16.6. The number of hydrogen-bond acceptors (Lipinski definition) is 5. The molecule has 1 fully saturated rings. The Labute approximate surface area is 120 Å². The highest BCUT2D eigenvalue weighted by Crippen LogP contribution is 2.22. The smallest absolute Gasteiger partial charge is 0.410 e. The van der Waals surface area contributed by atoms with E-state index < -0.39 is 5.60 Å². The summed E-state index contributed by atoms with van der Waals surface area (Å²) in [5.41, 5.74) is 5.53. The van der Waals surface area contributed by atoms with Gasteiger partial charge in [0.2, 0.25) is 0 Å². The second-order valence-corrected chi connectivity index (χ2v) is 6.27. The van der Waals surface area contributed by atoms with Crippen LogP contribution in [0.15, 0.2) is 0 Å². The number of ether oxygens (including phenoxy) is 2. The molecule has 116 valence electrons. The SMILES string of the molecule is COC(=O)C[C@H](N)[C@H]1CCCN(C(=O)OC(C)(C)C)C1. The molecule has 2 N–H and O–H groups in total. The number of rotatable bonds is 3. The summed E-state index contributed by atoms with van der Waals surface area (Å²) in [5, 5.41) is 0. The lowest BCUT2D eigenvalue weighted by atomic mass is 9.89. The molecule has 1 aliphatic heterocycles. The van der Waals surface area contributed by atoms with Crippen molar-refractivity contribution in [3.63, 3.8) is 0 Å². The molecule has 0 spiro atoms. The summed E-state index contributed by atoms with van der Waals surface area (Å²) in [4.78, 5) is 25.0. The molecule has 0 radical (unpaired) electrons. The molecule has 0 unspecified atom stereocenters. The van der Waals surface area contributed by atoms with Gasteiger partial charge in [-0.15, -0.1) is 0 Å². The van der Waals surface area contributed by atoms with Crippen LogP contribution in [-0.2, 0) is 14.3 Å². The fraction of sp³-hybridized carbons (Fsp3) is 0.857. The number of likely N-dealkylation sites (tertiary alicyclic amines) is 1. The standard InChI is InChI=1S/C14H26N2O4/c1-14(2,3)20-13(18)16-7-5-6-10(9-16)11(15)8-12(17)19-4/h10-11H,5-9,15H2,1-4H3/t10-,11-/m0/s1. The minimum atomic E-state index is -0.502. The second-order valence-electron chi connectivity index (χ2n) is 6.27. The van der Waals surface area contributed by atoms with Crippen LogP contribution in [0.2, 0.25) is 0 Å². The summed E-state index contributed by atoms with van der Waals surface area (Å²) >= 11 is 0. The highest BCUT2D eigenvalue weighted by Gasteiger charge is 2.31. The number of nitrogens with zero attached hydrogens (tertiary/aromatic N) is 1. The van der Waals surface area contributed by atoms with Crippen molar-refractivity contribution in [2.45, 2.75) is 51.7 Å². The lowest BCUT2D eigenvalue weighted by molar-refractivity contribution is -0.141. The van der Waals surface area contributed by atoms with Gasteiger partial charge >= 0.3 is 12.1 Å². The molecule has 1 rings (SSSR count). The van der Waals surface area contributed by atoms with Crippen LogP contribution in [0, 0.1) is 5.92 Å². The first kappa shape index (κ1) is 16.8. The lowest BCUT2D eigenvalue weighted by Gasteiger charge is -2.36. The van der Waals surface area contributed by atoms with E-state index in [0.29, 0.717) is 13.1 Å². The predicted octanol–water partition coefficient (Wildman–Crippen LogP) is 1.52. The van der Waals surface area contributed by atoms with Crippen LogP contribution in [0.3, 0.4) is 0 Å². The van der Waals surface area contributed by atoms with Gasteiger partial charge in [-0.2, -0.15) is 0 Å². The first-order valence-corrected chi connectivity index (χ1v) is 7.03. The molecule has 1 amide bonds. The summed E-state index contributed by atoms with van der Waals surface area (Å²) in [6, 6.07) is -0.285. The molecule has 6 heteroatoms. The van der Waals surface area contributed by atoms with E-state index in [-0.39, 0.29) is 30.4 Å². The van der Waals surface area contributed by atoms with Crippen molar-refractivity contribution in [3.05, 3.63) is 0 Å². The summed E-state index contributed by atoms with van der Waals surface area (Å²) in [7, 11) is 1.35. The quantitative estimate of drug-likeness (QED) is 0.795. The van der Waals surface area contributed by atoms with Crippen LogP contribution in [-0.4, -0.2) is 48.8 Å². The summed E-state index contributed by atoms with van der Waals surface area (Å²) < 4.78 is 9.99. The van der Waals surface area contributed by atoms with Crippen molar-refractivity contribution >= 4 is 12.1 Å². The van der Waals surface area contributed by atoms with Gasteiger partial charge in [-0.05, 0) is 39.5 Å². The van der Waals surface area contributed by atoms with Crippen LogP contribution < -0.4 is 5.73 Å². The van der Waals surface area contributed by atoms with Gasteiger partial charge in [-0.25, -0.2) is 4.79 Å². The van der Waals surface area contributed by atoms with Gasteiger partial charge in [-0.3, -0.25) is 4.79 Å². The van der Waals surface area contributed by atoms with Gasteiger partial charge < -0.3 is 20.1 Å². The number of carbonyl (C=O) groups excluding carboxylic acids is 2. The third-order valence-electron chi connectivity index (χ3n) is 3.35. The molecule has 0 aromatic heterocycles. The van der Waals surface area contributed by atoms with Gasteiger partial charge in [0.1, 0.15) is 5.60 Å². The Morgan fingerprint density at radius 2 is 2.05 bits per heavy atom. The van der Waals surface area contributed by atoms with E-state index in [9.17, 15) is 9.59 Å². The molecule has 1 aliphatic rings. The number of esters is 1. The molecule has 0 bridgehead atoms. The van der Waals surface area contributed by atoms with E-state index in [1.807, 2.05) is 20.8 Å². The molecular weight excluding hydrogens is 260 g/mol. The number of amides is 1. The first-order chi connectivity index (χ1) is 9.23. The van der Waals surface area contributed by atoms with E-state index in [4.69, 9.17) is 10.5 Å². The zero-order valence-electron chi connectivity index (χ0n) is 12.8. The van der Waals surface area contributed by atoms with Crippen molar-refractivity contribution in [3.8, 4) is 0 Å². The third-order valence-corrected chi connectivity index (χ3v) is 3.35. The molecule has 0 aromatic rings. The Kier molecular flexibility index (Phi) is 5.80. The monoisotopic (exact) mass is 286 g/mol. The molecular formula is C14H26N2O4. The summed E-state index contributed by atoms with van der Waals surface area (Å²) in [5.74, 6) is -0.206. The molecule has 1 heterocycles. The topological polar surface area (TPSA) is 81.9 Å². The third kappa shape index (κ3) is 5.36. The normalized spacial score (nSPS) is 21.2. The average molecular weight is 286 g/mol. The molecule has 0 aromatic carbocycles. The number of hydrogen-bond donors (Lipinski definition) is 1. The van der Waals surface area contributed by atoms with Gasteiger partial charge in [0, 0.05) is 19.1 Å². The fourth-order valence-electron chi connectivity index (χ4n) is 2.29. The van der Waals surface area contributed by atoms with Crippen molar-refractivity contribution in [1.82, 2.24) is 4.90 Å². The van der Waals surface area contributed by atoms with Gasteiger partial charge in [0.15, 0.2) is 0 Å². The van der Waals surface area contributed by atoms with Crippen LogP contribution in [0.5, 0.6) is 0 Å². The fourth-order valence-corrected chi connectivity index (χ4v) is 2.29. The largest absolute Gasteiger partial charge is 0.469 e. The van der Waals surface area contributed by atoms with Crippen LogP contribution in [0.1, 0.15) is 40.0 Å². The molecule has 2 atom stereocenters. The van der Waals surface area contributed by atoms with Gasteiger partial charge in [-0.1, -0.05) is 0 Å². The molecule has 6 nitrogen and oxygen atoms in total. The Bertz CT molecular complexity index is 352. The zero-order chi connectivity index (χ0) is 15.3. The maximum absolute atomic E-state index is 12.0. The molecule has 0 saturated carbocycles. The average Bonchev–Trinajstić information content (AvgIpc) is 2.36. The van der Waals surface area contributed by atoms with Crippen LogP contribution >= 0.6 is 0 Å². The number of piperidine rings is 1. The number of methoxy groups -OCH3 is 1. The van der Waals surface area contributed by atoms with E-state index in [1.165, 1.54) is 7.11 Å². The minimum Gasteiger partial charge on any atom is -0.469 e. The Morgan fingerprint density at radius 3 is 2.60 bits per heavy atom. The summed E-state index contributed by atoms with van der Waals surface area (Å²) in [6.07, 6.45) is 1.66. The zero-order valence-corrected chi connectivity index (χ0v) is 12.8. The molecule has 0 aliphatic carbocycles. The predicted molar refractivity (Wildman–Crippen MR) is 75.1 cm³/mol. The minimum absolute atomic E-state index is 0.107. The molecule has 1 saturated heterocycles. The van der Waals surface area contributed by atoms with Crippen molar-refractivity contribution in [2.24, 2.45) is 11.7 Å². The van der Waals surface area contributed by atoms with Crippen LogP contribution in [0.25, 0.3) is 0 Å². The summed E-state index contributed by atoms with van der Waals surface area (Å²) in [6.45, 7) is 6.74. The van der Waals surface area contributed by atoms with Crippen molar-refractivity contribution < 1.29 is 19.1 Å². The van der Waals surface area contributed by atoms with Crippen molar-refractivity contribution in [1.29, 1.82) is 0 Å². The maximum atomic E-state index is 12.0. The van der Waals surface area contributed by atoms with E-state index in [2.05, 4.69) is 4.74 Å². The Hall–Kier alpha value is -1.30. The number of nitrogens with two attached hydrogens (primary N) is 1. The second kappa shape index (κ2) is 6.92. The highest BCUT2D eigenvalue weighted by molar-refractivity contribution is 5.70. The molecule has 20 heavy (non-hydrogen) atoms. The van der Waals surface area contributed by atoms with Crippen LogP contribution in [0.4, 0.5) is 4.79 Å². The van der Waals surface area contributed by atoms with E-state index >= 15 is 0 Å². The Morgan fingerprint density at radius 1 is 1.40 bits per heavy atom. The lowest BCUT2D eigenvalue weighted by Crippen LogP contribution is -2.48. The van der Waals surface area contributed by atoms with Gasteiger partial charge in [0.25, 0.3) is 0 Å².